The highest BCUT2D eigenvalue weighted by Gasteiger charge is 2.48. The van der Waals surface area contributed by atoms with Crippen molar-refractivity contribution in [2.24, 2.45) is 11.7 Å². The van der Waals surface area contributed by atoms with Crippen LogP contribution in [0.3, 0.4) is 0 Å². The molecule has 1 amide bonds. The van der Waals surface area contributed by atoms with E-state index in [2.05, 4.69) is 12.2 Å². The summed E-state index contributed by atoms with van der Waals surface area (Å²) in [5.74, 6) is 0.310. The Morgan fingerprint density at radius 3 is 2.40 bits per heavy atom. The number of carbonyl (C=O) groups excluding carboxylic acids is 1. The van der Waals surface area contributed by atoms with E-state index in [-0.39, 0.29) is 11.6 Å². The number of alkyl carbamates (subject to hydrolysis) is 1. The summed E-state index contributed by atoms with van der Waals surface area (Å²) in [6, 6.07) is 0. The number of rotatable bonds is 3. The third-order valence-electron chi connectivity index (χ3n) is 2.84. The minimum absolute atomic E-state index is 0.100. The molecule has 15 heavy (non-hydrogen) atoms. The first-order valence-electron chi connectivity index (χ1n) is 5.50. The Morgan fingerprint density at radius 1 is 1.53 bits per heavy atom. The number of amides is 1. The summed E-state index contributed by atoms with van der Waals surface area (Å²) in [4.78, 5) is 11.6. The van der Waals surface area contributed by atoms with E-state index in [1.54, 1.807) is 0 Å². The van der Waals surface area contributed by atoms with Gasteiger partial charge in [-0.25, -0.2) is 4.79 Å². The molecule has 1 atom stereocenters. The van der Waals surface area contributed by atoms with Crippen molar-refractivity contribution < 1.29 is 9.53 Å². The lowest BCUT2D eigenvalue weighted by molar-refractivity contribution is 0.0478. The fourth-order valence-corrected chi connectivity index (χ4v) is 1.61. The van der Waals surface area contributed by atoms with E-state index in [0.717, 1.165) is 12.8 Å². The second kappa shape index (κ2) is 4.00. The smallest absolute Gasteiger partial charge is 0.408 e. The third-order valence-corrected chi connectivity index (χ3v) is 2.84. The van der Waals surface area contributed by atoms with Gasteiger partial charge in [-0.05, 0) is 46.1 Å². The van der Waals surface area contributed by atoms with E-state index in [1.807, 2.05) is 20.8 Å². The van der Waals surface area contributed by atoms with Crippen molar-refractivity contribution in [1.82, 2.24) is 5.32 Å². The number of nitrogens with one attached hydrogen (secondary N) is 1. The van der Waals surface area contributed by atoms with Gasteiger partial charge in [0.1, 0.15) is 5.60 Å². The summed E-state index contributed by atoms with van der Waals surface area (Å²) in [7, 11) is 0. The van der Waals surface area contributed by atoms with Crippen LogP contribution in [0.25, 0.3) is 0 Å². The zero-order valence-electron chi connectivity index (χ0n) is 10.1. The summed E-state index contributed by atoms with van der Waals surface area (Å²) < 4.78 is 5.22. The van der Waals surface area contributed by atoms with Crippen LogP contribution in [-0.2, 0) is 4.74 Å². The van der Waals surface area contributed by atoms with Crippen molar-refractivity contribution in [2.75, 3.05) is 6.54 Å². The number of hydrogen-bond donors (Lipinski definition) is 2. The summed E-state index contributed by atoms with van der Waals surface area (Å²) >= 11 is 0. The van der Waals surface area contributed by atoms with Crippen molar-refractivity contribution in [3.8, 4) is 0 Å². The van der Waals surface area contributed by atoms with Crippen LogP contribution in [0.15, 0.2) is 0 Å². The van der Waals surface area contributed by atoms with E-state index < -0.39 is 5.60 Å². The second-order valence-electron chi connectivity index (χ2n) is 5.42. The standard InChI is InChI=1S/C11H22N2O2/c1-8(7-12)11(5-6-11)13-9(14)15-10(2,3)4/h8H,5-7,12H2,1-4H3,(H,13,14). The average Bonchev–Trinajstić information content (AvgIpc) is 2.80. The minimum atomic E-state index is -0.438. The zero-order chi connectivity index (χ0) is 11.7. The Hall–Kier alpha value is -0.770. The summed E-state index contributed by atoms with van der Waals surface area (Å²) in [5, 5.41) is 2.93. The molecule has 0 aliphatic heterocycles. The Bertz CT molecular complexity index is 241. The molecule has 0 radical (unpaired) electrons. The van der Waals surface area contributed by atoms with Gasteiger partial charge in [-0.15, -0.1) is 0 Å². The molecule has 0 spiro atoms. The van der Waals surface area contributed by atoms with Crippen LogP contribution in [0, 0.1) is 5.92 Å². The van der Waals surface area contributed by atoms with Gasteiger partial charge < -0.3 is 15.8 Å². The molecule has 0 aromatic heterocycles. The number of ether oxygens (including phenoxy) is 1. The summed E-state index contributed by atoms with van der Waals surface area (Å²) in [5.41, 5.74) is 5.07. The van der Waals surface area contributed by atoms with E-state index in [1.165, 1.54) is 0 Å². The maximum Gasteiger partial charge on any atom is 0.408 e. The van der Waals surface area contributed by atoms with Crippen molar-refractivity contribution in [3.63, 3.8) is 0 Å². The molecule has 0 heterocycles. The van der Waals surface area contributed by atoms with E-state index in [0.29, 0.717) is 12.5 Å². The molecular weight excluding hydrogens is 192 g/mol. The van der Waals surface area contributed by atoms with Gasteiger partial charge in [0.05, 0.1) is 0 Å². The van der Waals surface area contributed by atoms with Crippen LogP contribution in [0.2, 0.25) is 0 Å². The van der Waals surface area contributed by atoms with Crippen LogP contribution in [-0.4, -0.2) is 23.8 Å². The highest BCUT2D eigenvalue weighted by molar-refractivity contribution is 5.69. The van der Waals surface area contributed by atoms with Gasteiger partial charge in [0.15, 0.2) is 0 Å². The second-order valence-corrected chi connectivity index (χ2v) is 5.42. The van der Waals surface area contributed by atoms with Gasteiger partial charge in [0.25, 0.3) is 0 Å². The van der Waals surface area contributed by atoms with Gasteiger partial charge >= 0.3 is 6.09 Å². The Kier molecular flexibility index (Phi) is 3.28. The van der Waals surface area contributed by atoms with Crippen LogP contribution < -0.4 is 11.1 Å². The Morgan fingerprint density at radius 2 is 2.07 bits per heavy atom. The van der Waals surface area contributed by atoms with E-state index in [4.69, 9.17) is 10.5 Å². The van der Waals surface area contributed by atoms with Crippen LogP contribution in [0.4, 0.5) is 4.79 Å². The van der Waals surface area contributed by atoms with Gasteiger partial charge in [0.2, 0.25) is 0 Å². The van der Waals surface area contributed by atoms with E-state index >= 15 is 0 Å². The molecule has 1 aliphatic rings. The SMILES string of the molecule is CC(CN)C1(NC(=O)OC(C)(C)C)CC1. The molecular formula is C11H22N2O2. The highest BCUT2D eigenvalue weighted by atomic mass is 16.6. The zero-order valence-corrected chi connectivity index (χ0v) is 10.1. The largest absolute Gasteiger partial charge is 0.444 e. The lowest BCUT2D eigenvalue weighted by Crippen LogP contribution is -2.46. The molecule has 0 bridgehead atoms. The highest BCUT2D eigenvalue weighted by Crippen LogP contribution is 2.42. The van der Waals surface area contributed by atoms with Crippen molar-refractivity contribution >= 4 is 6.09 Å². The van der Waals surface area contributed by atoms with Crippen molar-refractivity contribution in [2.45, 2.75) is 51.7 Å². The van der Waals surface area contributed by atoms with Gasteiger partial charge in [-0.1, -0.05) is 6.92 Å². The molecule has 3 N–H and O–H groups in total. The van der Waals surface area contributed by atoms with Crippen LogP contribution >= 0.6 is 0 Å². The molecule has 1 aliphatic carbocycles. The lowest BCUT2D eigenvalue weighted by Gasteiger charge is -2.26. The van der Waals surface area contributed by atoms with Crippen LogP contribution in [0.5, 0.6) is 0 Å². The Labute approximate surface area is 91.5 Å². The molecule has 4 heteroatoms. The molecule has 4 nitrogen and oxygen atoms in total. The van der Waals surface area contributed by atoms with Gasteiger partial charge in [0, 0.05) is 5.54 Å². The van der Waals surface area contributed by atoms with Gasteiger partial charge in [-0.2, -0.15) is 0 Å². The molecule has 1 unspecified atom stereocenters. The van der Waals surface area contributed by atoms with Crippen LogP contribution in [0.1, 0.15) is 40.5 Å². The summed E-state index contributed by atoms with van der Waals surface area (Å²) in [6.07, 6.45) is 1.68. The minimum Gasteiger partial charge on any atom is -0.444 e. The Balaban J connectivity index is 2.45. The predicted molar refractivity (Wildman–Crippen MR) is 59.6 cm³/mol. The molecule has 1 fully saturated rings. The molecule has 0 saturated heterocycles. The molecule has 0 aromatic carbocycles. The monoisotopic (exact) mass is 214 g/mol. The topological polar surface area (TPSA) is 64.3 Å². The van der Waals surface area contributed by atoms with Crippen molar-refractivity contribution in [1.29, 1.82) is 0 Å². The first kappa shape index (κ1) is 12.3. The molecule has 0 aromatic rings. The molecule has 1 saturated carbocycles. The van der Waals surface area contributed by atoms with Crippen molar-refractivity contribution in [3.05, 3.63) is 0 Å². The third kappa shape index (κ3) is 3.38. The fraction of sp³-hybridized carbons (Fsp3) is 0.909. The van der Waals surface area contributed by atoms with E-state index in [9.17, 15) is 4.79 Å². The number of hydrogen-bond acceptors (Lipinski definition) is 3. The maximum atomic E-state index is 11.6. The quantitative estimate of drug-likeness (QED) is 0.750. The van der Waals surface area contributed by atoms with Gasteiger partial charge in [-0.3, -0.25) is 0 Å². The number of carbonyl (C=O) groups is 1. The number of nitrogens with two attached hydrogens (primary N) is 1. The first-order chi connectivity index (χ1) is 6.79. The normalized spacial score (nSPS) is 20.6. The summed E-state index contributed by atoms with van der Waals surface area (Å²) in [6.45, 7) is 8.23. The fourth-order valence-electron chi connectivity index (χ4n) is 1.61. The predicted octanol–water partition coefficient (Wildman–Crippen LogP) is 1.64. The maximum absolute atomic E-state index is 11.6. The average molecular weight is 214 g/mol. The first-order valence-corrected chi connectivity index (χ1v) is 5.50. The molecule has 1 rings (SSSR count). The lowest BCUT2D eigenvalue weighted by atomic mass is 10.0. The molecule has 88 valence electrons.